The number of hydrogen-bond donors (Lipinski definition) is 0. The van der Waals surface area contributed by atoms with Gasteiger partial charge in [-0.2, -0.15) is 0 Å². The fourth-order valence-corrected chi connectivity index (χ4v) is 3.99. The van der Waals surface area contributed by atoms with Crippen molar-refractivity contribution in [3.63, 3.8) is 0 Å². The summed E-state index contributed by atoms with van der Waals surface area (Å²) in [5.41, 5.74) is 1.82. The van der Waals surface area contributed by atoms with Crippen molar-refractivity contribution < 1.29 is 9.66 Å². The highest BCUT2D eigenvalue weighted by atomic mass is 16.6. The predicted octanol–water partition coefficient (Wildman–Crippen LogP) is 5.49. The lowest BCUT2D eigenvalue weighted by molar-refractivity contribution is -0.384. The molecule has 1 saturated heterocycles. The van der Waals surface area contributed by atoms with E-state index in [0.717, 1.165) is 41.0 Å². The van der Waals surface area contributed by atoms with E-state index < -0.39 is 4.92 Å². The van der Waals surface area contributed by atoms with Gasteiger partial charge in [-0.15, -0.1) is 0 Å². The van der Waals surface area contributed by atoms with Gasteiger partial charge in [-0.1, -0.05) is 19.1 Å². The molecule has 1 fully saturated rings. The minimum absolute atomic E-state index is 0.0808. The van der Waals surface area contributed by atoms with Gasteiger partial charge in [0, 0.05) is 30.1 Å². The van der Waals surface area contributed by atoms with Gasteiger partial charge in [-0.3, -0.25) is 10.1 Å². The lowest BCUT2D eigenvalue weighted by Crippen LogP contribution is -2.39. The molecule has 0 saturated carbocycles. The molecule has 0 N–H and O–H groups in total. The maximum atomic E-state index is 10.8. The van der Waals surface area contributed by atoms with E-state index in [1.54, 1.807) is 12.1 Å². The van der Waals surface area contributed by atoms with E-state index in [0.29, 0.717) is 12.6 Å². The zero-order chi connectivity index (χ0) is 20.2. The van der Waals surface area contributed by atoms with Crippen LogP contribution in [0.15, 0.2) is 54.6 Å². The van der Waals surface area contributed by atoms with Gasteiger partial charge in [0.25, 0.3) is 5.69 Å². The van der Waals surface area contributed by atoms with Gasteiger partial charge in [0.2, 0.25) is 0 Å². The number of benzene rings is 2. The molecule has 6 nitrogen and oxygen atoms in total. The summed E-state index contributed by atoms with van der Waals surface area (Å²) in [6, 6.07) is 17.1. The van der Waals surface area contributed by atoms with Crippen molar-refractivity contribution in [3.8, 4) is 5.75 Å². The molecule has 2 aromatic carbocycles. The minimum Gasteiger partial charge on any atom is -0.487 e. The normalized spacial score (nSPS) is 16.7. The predicted molar refractivity (Wildman–Crippen MR) is 114 cm³/mol. The Hall–Kier alpha value is -3.15. The zero-order valence-corrected chi connectivity index (χ0v) is 16.6. The number of fused-ring (bicyclic) bond motifs is 1. The van der Waals surface area contributed by atoms with Crippen LogP contribution >= 0.6 is 0 Å². The van der Waals surface area contributed by atoms with Crippen molar-refractivity contribution in [2.75, 3.05) is 11.4 Å². The average Bonchev–Trinajstić information content (AvgIpc) is 2.77. The molecule has 0 aliphatic carbocycles. The number of piperidine rings is 1. The summed E-state index contributed by atoms with van der Waals surface area (Å²) in [4.78, 5) is 17.8. The van der Waals surface area contributed by atoms with Crippen molar-refractivity contribution >= 4 is 22.4 Å². The molecule has 150 valence electrons. The number of nitrogens with zero attached hydrogens (tertiary/aromatic N) is 3. The Balaban J connectivity index is 1.58. The molecule has 1 unspecified atom stereocenters. The molecule has 29 heavy (non-hydrogen) atoms. The largest absolute Gasteiger partial charge is 0.487 e. The van der Waals surface area contributed by atoms with Crippen LogP contribution in [0.1, 0.15) is 38.2 Å². The summed E-state index contributed by atoms with van der Waals surface area (Å²) in [5, 5.41) is 11.8. The fraction of sp³-hybridized carbons (Fsp3) is 0.348. The molecular weight excluding hydrogens is 366 g/mol. The van der Waals surface area contributed by atoms with Gasteiger partial charge < -0.3 is 9.64 Å². The van der Waals surface area contributed by atoms with E-state index in [1.165, 1.54) is 31.4 Å². The summed E-state index contributed by atoms with van der Waals surface area (Å²) in [5.74, 6) is 1.74. The first-order chi connectivity index (χ1) is 14.2. The third kappa shape index (κ3) is 4.16. The maximum absolute atomic E-state index is 10.8. The van der Waals surface area contributed by atoms with Gasteiger partial charge in [0.1, 0.15) is 23.7 Å². The average molecular weight is 391 g/mol. The molecule has 0 bridgehead atoms. The molecule has 1 atom stereocenters. The van der Waals surface area contributed by atoms with Crippen LogP contribution in [0.3, 0.4) is 0 Å². The number of anilines is 1. The second kappa shape index (κ2) is 8.47. The maximum Gasteiger partial charge on any atom is 0.269 e. The highest BCUT2D eigenvalue weighted by Crippen LogP contribution is 2.30. The van der Waals surface area contributed by atoms with Gasteiger partial charge in [0.05, 0.1) is 4.92 Å². The van der Waals surface area contributed by atoms with Crippen molar-refractivity contribution in [2.45, 2.75) is 45.3 Å². The number of non-ortho nitro benzene ring substituents is 1. The number of hydrogen-bond acceptors (Lipinski definition) is 5. The molecule has 6 heteroatoms. The Morgan fingerprint density at radius 1 is 1.14 bits per heavy atom. The second-order valence-electron chi connectivity index (χ2n) is 7.46. The van der Waals surface area contributed by atoms with Gasteiger partial charge >= 0.3 is 0 Å². The van der Waals surface area contributed by atoms with Gasteiger partial charge in [-0.05, 0) is 61.6 Å². The summed E-state index contributed by atoms with van der Waals surface area (Å²) in [6.45, 7) is 3.62. The van der Waals surface area contributed by atoms with Crippen LogP contribution in [0, 0.1) is 10.1 Å². The third-order valence-corrected chi connectivity index (χ3v) is 5.60. The Morgan fingerprint density at radius 2 is 1.97 bits per heavy atom. The Kier molecular flexibility index (Phi) is 5.60. The van der Waals surface area contributed by atoms with Crippen LogP contribution < -0.4 is 9.64 Å². The Labute approximate surface area is 170 Å². The van der Waals surface area contributed by atoms with Crippen molar-refractivity contribution in [2.24, 2.45) is 0 Å². The smallest absolute Gasteiger partial charge is 0.269 e. The minimum atomic E-state index is -0.398. The first-order valence-electron chi connectivity index (χ1n) is 10.2. The molecule has 3 aromatic rings. The lowest BCUT2D eigenvalue weighted by Gasteiger charge is -2.36. The van der Waals surface area contributed by atoms with Crippen LogP contribution in [0.25, 0.3) is 10.9 Å². The molecule has 4 rings (SSSR count). The van der Waals surface area contributed by atoms with E-state index in [1.807, 2.05) is 18.2 Å². The molecule has 0 radical (unpaired) electrons. The summed E-state index contributed by atoms with van der Waals surface area (Å²) < 4.78 is 6.05. The molecule has 0 spiro atoms. The molecule has 1 aliphatic heterocycles. The van der Waals surface area contributed by atoms with E-state index in [9.17, 15) is 10.1 Å². The van der Waals surface area contributed by atoms with Crippen LogP contribution in [-0.4, -0.2) is 22.5 Å². The van der Waals surface area contributed by atoms with Crippen LogP contribution in [0.4, 0.5) is 11.5 Å². The highest BCUT2D eigenvalue weighted by Gasteiger charge is 2.22. The molecule has 0 amide bonds. The van der Waals surface area contributed by atoms with Crippen molar-refractivity contribution in [1.82, 2.24) is 4.98 Å². The standard InChI is InChI=1S/C23H25N3O3/c1-2-19-7-3-4-15-25(19)22-14-11-18-6-5-8-21(23(18)24-22)29-16-17-9-12-20(13-10-17)26(27)28/h5-6,8-14,19H,2-4,7,15-16H2,1H3. The third-order valence-electron chi connectivity index (χ3n) is 5.60. The van der Waals surface area contributed by atoms with Crippen LogP contribution in [0.2, 0.25) is 0 Å². The first kappa shape index (κ1) is 19.2. The highest BCUT2D eigenvalue weighted by molar-refractivity contribution is 5.86. The molecule has 1 aromatic heterocycles. The van der Waals surface area contributed by atoms with Crippen molar-refractivity contribution in [3.05, 3.63) is 70.3 Å². The monoisotopic (exact) mass is 391 g/mol. The SMILES string of the molecule is CCC1CCCCN1c1ccc2cccc(OCc3ccc([N+](=O)[O-])cc3)c2n1. The summed E-state index contributed by atoms with van der Waals surface area (Å²) in [7, 11) is 0. The summed E-state index contributed by atoms with van der Waals surface area (Å²) in [6.07, 6.45) is 4.83. The van der Waals surface area contributed by atoms with E-state index in [2.05, 4.69) is 24.0 Å². The lowest BCUT2D eigenvalue weighted by atomic mass is 10.00. The molecule has 2 heterocycles. The second-order valence-corrected chi connectivity index (χ2v) is 7.46. The van der Waals surface area contributed by atoms with E-state index in [-0.39, 0.29) is 5.69 Å². The fourth-order valence-electron chi connectivity index (χ4n) is 3.99. The van der Waals surface area contributed by atoms with Gasteiger partial charge in [-0.25, -0.2) is 4.98 Å². The Bertz CT molecular complexity index is 1000. The molecular formula is C23H25N3O3. The number of nitro benzene ring substituents is 1. The topological polar surface area (TPSA) is 68.5 Å². The van der Waals surface area contributed by atoms with Crippen LogP contribution in [0.5, 0.6) is 5.75 Å². The van der Waals surface area contributed by atoms with E-state index >= 15 is 0 Å². The van der Waals surface area contributed by atoms with Crippen molar-refractivity contribution in [1.29, 1.82) is 0 Å². The number of pyridine rings is 1. The number of ether oxygens (including phenoxy) is 1. The zero-order valence-electron chi connectivity index (χ0n) is 16.6. The van der Waals surface area contributed by atoms with Gasteiger partial charge in [0.15, 0.2) is 0 Å². The Morgan fingerprint density at radius 3 is 2.72 bits per heavy atom. The number of para-hydroxylation sites is 1. The van der Waals surface area contributed by atoms with Crippen LogP contribution in [-0.2, 0) is 6.61 Å². The van der Waals surface area contributed by atoms with E-state index in [4.69, 9.17) is 9.72 Å². The molecule has 1 aliphatic rings. The summed E-state index contributed by atoms with van der Waals surface area (Å²) >= 11 is 0. The quantitative estimate of drug-likeness (QED) is 0.410. The number of nitro groups is 1. The first-order valence-corrected chi connectivity index (χ1v) is 10.2. The number of aromatic nitrogens is 1. The number of rotatable bonds is 6.